The van der Waals surface area contributed by atoms with Crippen molar-refractivity contribution in [2.45, 2.75) is 6.18 Å². The maximum absolute atomic E-state index is 12.3. The number of rotatable bonds is 1. The number of aromatic nitrogens is 2. The van der Waals surface area contributed by atoms with Gasteiger partial charge < -0.3 is 9.90 Å². The second-order valence-corrected chi connectivity index (χ2v) is 3.21. The van der Waals surface area contributed by atoms with Crippen LogP contribution >= 0.6 is 15.9 Å². The van der Waals surface area contributed by atoms with Gasteiger partial charge in [0, 0.05) is 7.05 Å². The number of nitrogens with zero attached hydrogens (tertiary/aromatic N) is 2. The minimum absolute atomic E-state index is 0.440. The predicted octanol–water partition coefficient (Wildman–Crippen LogP) is 0.565. The Hall–Kier alpha value is -1.05. The van der Waals surface area contributed by atoms with Crippen molar-refractivity contribution < 1.29 is 23.1 Å². The molecule has 1 aromatic rings. The Bertz CT molecular complexity index is 385. The molecule has 0 fully saturated rings. The first-order valence-corrected chi connectivity index (χ1v) is 4.05. The molecule has 8 heteroatoms. The number of carbonyl (C=O) groups is 1. The van der Waals surface area contributed by atoms with Crippen LogP contribution in [0.5, 0.6) is 0 Å². The van der Waals surface area contributed by atoms with Gasteiger partial charge in [-0.2, -0.15) is 18.3 Å². The third kappa shape index (κ3) is 1.74. The number of carbonyl (C=O) groups excluding carboxylic acids is 1. The van der Waals surface area contributed by atoms with Crippen molar-refractivity contribution in [2.75, 3.05) is 0 Å². The zero-order valence-electron chi connectivity index (χ0n) is 6.72. The van der Waals surface area contributed by atoms with E-state index < -0.39 is 28.0 Å². The molecule has 0 radical (unpaired) electrons. The van der Waals surface area contributed by atoms with E-state index in [1.165, 1.54) is 0 Å². The lowest BCUT2D eigenvalue weighted by Crippen LogP contribution is -2.23. The number of hydrogen-bond donors (Lipinski definition) is 0. The average molecular weight is 272 g/mol. The van der Waals surface area contributed by atoms with Gasteiger partial charge >= 0.3 is 6.18 Å². The van der Waals surface area contributed by atoms with Crippen molar-refractivity contribution in [3.05, 3.63) is 15.9 Å². The molecule has 0 aromatic carbocycles. The summed E-state index contributed by atoms with van der Waals surface area (Å²) in [6, 6.07) is 0. The topological polar surface area (TPSA) is 58.0 Å². The second kappa shape index (κ2) is 3.26. The van der Waals surface area contributed by atoms with Crippen LogP contribution in [-0.2, 0) is 13.2 Å². The van der Waals surface area contributed by atoms with E-state index in [2.05, 4.69) is 21.0 Å². The molecule has 0 spiro atoms. The molecule has 0 amide bonds. The third-order valence-corrected chi connectivity index (χ3v) is 2.20. The molecule has 78 valence electrons. The Kier molecular flexibility index (Phi) is 2.57. The van der Waals surface area contributed by atoms with Crippen molar-refractivity contribution in [3.8, 4) is 0 Å². The first-order chi connectivity index (χ1) is 6.25. The van der Waals surface area contributed by atoms with Crippen LogP contribution in [0.4, 0.5) is 13.2 Å². The quantitative estimate of drug-likeness (QED) is 0.750. The van der Waals surface area contributed by atoms with Gasteiger partial charge in [0.2, 0.25) is 0 Å². The highest BCUT2D eigenvalue weighted by molar-refractivity contribution is 9.10. The highest BCUT2D eigenvalue weighted by Gasteiger charge is 2.38. The number of aromatic carboxylic acids is 1. The van der Waals surface area contributed by atoms with Crippen LogP contribution in [-0.4, -0.2) is 15.7 Å². The molecule has 14 heavy (non-hydrogen) atoms. The Morgan fingerprint density at radius 3 is 2.29 bits per heavy atom. The number of carboxylic acid groups (broad SMARTS) is 1. The Labute approximate surface area is 84.5 Å². The summed E-state index contributed by atoms with van der Waals surface area (Å²) >= 11 is 2.51. The number of halogens is 4. The minimum atomic E-state index is -4.66. The fourth-order valence-electron chi connectivity index (χ4n) is 0.936. The van der Waals surface area contributed by atoms with Gasteiger partial charge in [0.1, 0.15) is 5.69 Å². The van der Waals surface area contributed by atoms with Crippen molar-refractivity contribution in [1.29, 1.82) is 0 Å². The monoisotopic (exact) mass is 271 g/mol. The largest absolute Gasteiger partial charge is 0.543 e. The molecule has 4 nitrogen and oxygen atoms in total. The number of aryl methyl sites for hydroxylation is 1. The lowest BCUT2D eigenvalue weighted by molar-refractivity contribution is -0.255. The van der Waals surface area contributed by atoms with Crippen LogP contribution in [0.25, 0.3) is 0 Å². The summed E-state index contributed by atoms with van der Waals surface area (Å²) in [5, 5.41) is 13.5. The van der Waals surface area contributed by atoms with Crippen LogP contribution < -0.4 is 5.11 Å². The van der Waals surface area contributed by atoms with Gasteiger partial charge in [-0.3, -0.25) is 4.68 Å². The van der Waals surface area contributed by atoms with Gasteiger partial charge in [-0.25, -0.2) is 0 Å². The molecule has 0 aliphatic carbocycles. The van der Waals surface area contributed by atoms with E-state index in [1.54, 1.807) is 0 Å². The van der Waals surface area contributed by atoms with Crippen molar-refractivity contribution in [3.63, 3.8) is 0 Å². The first kappa shape index (κ1) is 11.0. The van der Waals surface area contributed by atoms with Crippen LogP contribution in [0.15, 0.2) is 4.47 Å². The van der Waals surface area contributed by atoms with E-state index in [1.807, 2.05) is 0 Å². The standard InChI is InChI=1S/C6H4BrF3N2O2/c1-12-4(6(8,9)10)2(7)3(11-12)5(13)14/h1H3,(H,13,14)/p-1. The van der Waals surface area contributed by atoms with Gasteiger partial charge in [-0.1, -0.05) is 0 Å². The number of carboxylic acids is 1. The van der Waals surface area contributed by atoms with Crippen LogP contribution in [0.3, 0.4) is 0 Å². The molecule has 0 unspecified atom stereocenters. The fourth-order valence-corrected chi connectivity index (χ4v) is 1.66. The smallest absolute Gasteiger partial charge is 0.434 e. The van der Waals surface area contributed by atoms with E-state index in [4.69, 9.17) is 0 Å². The van der Waals surface area contributed by atoms with Crippen molar-refractivity contribution in [1.82, 2.24) is 9.78 Å². The van der Waals surface area contributed by atoms with Gasteiger partial charge in [-0.05, 0) is 15.9 Å². The lowest BCUT2D eigenvalue weighted by atomic mass is 10.3. The molecule has 0 saturated carbocycles. The lowest BCUT2D eigenvalue weighted by Gasteiger charge is -2.06. The molecule has 0 N–H and O–H groups in total. The second-order valence-electron chi connectivity index (χ2n) is 2.42. The molecule has 0 bridgehead atoms. The molecule has 1 rings (SSSR count). The predicted molar refractivity (Wildman–Crippen MR) is 40.2 cm³/mol. The van der Waals surface area contributed by atoms with E-state index in [-0.39, 0.29) is 0 Å². The maximum Gasteiger partial charge on any atom is 0.434 e. The van der Waals surface area contributed by atoms with E-state index >= 15 is 0 Å². The summed E-state index contributed by atoms with van der Waals surface area (Å²) in [6.07, 6.45) is -4.66. The molecule has 0 atom stereocenters. The molecule has 0 aliphatic rings. The zero-order valence-corrected chi connectivity index (χ0v) is 8.31. The molecule has 1 aromatic heterocycles. The Morgan fingerprint density at radius 1 is 1.57 bits per heavy atom. The Balaban J connectivity index is 3.40. The van der Waals surface area contributed by atoms with Gasteiger partial charge in [0.15, 0.2) is 5.69 Å². The fraction of sp³-hybridized carbons (Fsp3) is 0.333. The average Bonchev–Trinajstić information content (AvgIpc) is 2.24. The first-order valence-electron chi connectivity index (χ1n) is 3.26. The summed E-state index contributed by atoms with van der Waals surface area (Å²) in [5.41, 5.74) is -1.92. The summed E-state index contributed by atoms with van der Waals surface area (Å²) < 4.78 is 36.7. The van der Waals surface area contributed by atoms with Crippen LogP contribution in [0.2, 0.25) is 0 Å². The summed E-state index contributed by atoms with van der Waals surface area (Å²) in [4.78, 5) is 10.3. The van der Waals surface area contributed by atoms with Crippen molar-refractivity contribution in [2.24, 2.45) is 7.05 Å². The third-order valence-electron chi connectivity index (χ3n) is 1.45. The highest BCUT2D eigenvalue weighted by Crippen LogP contribution is 2.35. The number of hydrogen-bond acceptors (Lipinski definition) is 3. The summed E-state index contributed by atoms with van der Waals surface area (Å²) in [7, 11) is 1.00. The summed E-state index contributed by atoms with van der Waals surface area (Å²) in [5.74, 6) is -1.76. The number of alkyl halides is 3. The zero-order chi connectivity index (χ0) is 11.1. The van der Waals surface area contributed by atoms with Gasteiger partial charge in [-0.15, -0.1) is 0 Å². The normalized spacial score (nSPS) is 11.8. The highest BCUT2D eigenvalue weighted by atomic mass is 79.9. The molecule has 0 saturated heterocycles. The minimum Gasteiger partial charge on any atom is -0.543 e. The summed E-state index contributed by atoms with van der Waals surface area (Å²) in [6.45, 7) is 0. The van der Waals surface area contributed by atoms with E-state index in [0.29, 0.717) is 4.68 Å². The van der Waals surface area contributed by atoms with Crippen LogP contribution in [0.1, 0.15) is 16.2 Å². The molecular formula is C6H3BrF3N2O2-. The molecule has 1 heterocycles. The van der Waals surface area contributed by atoms with Gasteiger partial charge in [0.05, 0.1) is 10.4 Å². The Morgan fingerprint density at radius 2 is 2.07 bits per heavy atom. The van der Waals surface area contributed by atoms with Crippen molar-refractivity contribution >= 4 is 21.9 Å². The maximum atomic E-state index is 12.3. The van der Waals surface area contributed by atoms with E-state index in [0.717, 1.165) is 7.05 Å². The van der Waals surface area contributed by atoms with Crippen LogP contribution in [0, 0.1) is 0 Å². The van der Waals surface area contributed by atoms with Gasteiger partial charge in [0.25, 0.3) is 0 Å². The molecule has 0 aliphatic heterocycles. The SMILES string of the molecule is Cn1nc(C(=O)[O-])c(Br)c1C(F)(F)F. The molecular weight excluding hydrogens is 269 g/mol. The van der Waals surface area contributed by atoms with E-state index in [9.17, 15) is 23.1 Å².